The van der Waals surface area contributed by atoms with Gasteiger partial charge in [-0.15, -0.1) is 0 Å². The van der Waals surface area contributed by atoms with Gasteiger partial charge in [0.1, 0.15) is 0 Å². The molecular weight excluding hydrogens is 235 g/mol. The van der Waals surface area contributed by atoms with E-state index in [1.54, 1.807) is 0 Å². The molecule has 0 unspecified atom stereocenters. The average Bonchev–Trinajstić information content (AvgIpc) is 2.10. The molecule has 0 aromatic heterocycles. The Kier molecular flexibility index (Phi) is 9.35. The van der Waals surface area contributed by atoms with E-state index in [1.807, 2.05) is 13.8 Å². The predicted molar refractivity (Wildman–Crippen MR) is 56.5 cm³/mol. The van der Waals surface area contributed by atoms with Crippen molar-refractivity contribution in [2.45, 2.75) is 47.5 Å². The van der Waals surface area contributed by atoms with E-state index in [2.05, 4.69) is 11.8 Å². The molecule has 3 aliphatic rings. The van der Waals surface area contributed by atoms with Crippen molar-refractivity contribution in [1.29, 1.82) is 0 Å². The monoisotopic (exact) mass is 260 g/mol. The summed E-state index contributed by atoms with van der Waals surface area (Å²) < 4.78 is 0. The molecule has 3 heterocycles. The Morgan fingerprint density at radius 3 is 1.38 bits per heavy atom. The number of hydrogen-bond acceptors (Lipinski definition) is 1. The number of nitrogens with zero attached hydrogens (tertiary/aromatic N) is 1. The molecule has 77 valence electrons. The van der Waals surface area contributed by atoms with Crippen LogP contribution in [0.25, 0.3) is 0 Å². The molecule has 0 atom stereocenters. The summed E-state index contributed by atoms with van der Waals surface area (Å²) in [6.07, 6.45) is 4.35. The van der Waals surface area contributed by atoms with E-state index in [0.717, 1.165) is 5.41 Å². The Bertz CT molecular complexity index is 103. The predicted octanol–water partition coefficient (Wildman–Crippen LogP) is 3.15. The van der Waals surface area contributed by atoms with Crippen molar-refractivity contribution < 1.29 is 32.7 Å². The zero-order valence-corrected chi connectivity index (χ0v) is 11.6. The third-order valence-electron chi connectivity index (χ3n) is 3.09. The van der Waals surface area contributed by atoms with Crippen LogP contribution in [0.1, 0.15) is 47.5 Å². The molecule has 2 bridgehead atoms. The summed E-state index contributed by atoms with van der Waals surface area (Å²) in [4.78, 5) is 2.59. The summed E-state index contributed by atoms with van der Waals surface area (Å²) in [6.45, 7) is 10.6. The molecule has 3 fully saturated rings. The van der Waals surface area contributed by atoms with Crippen LogP contribution >= 0.6 is 0 Å². The first-order chi connectivity index (χ1) is 5.29. The van der Waals surface area contributed by atoms with Gasteiger partial charge in [0, 0.05) is 32.7 Å². The molecule has 1 nitrogen and oxygen atoms in total. The van der Waals surface area contributed by atoms with Crippen LogP contribution in [0.3, 0.4) is 0 Å². The SMILES string of the molecule is C.CC.CC12CCN(CC1)CC2.[Y]. The van der Waals surface area contributed by atoms with Gasteiger partial charge in [-0.05, 0) is 44.3 Å². The Balaban J connectivity index is 0. The summed E-state index contributed by atoms with van der Waals surface area (Å²) in [5.41, 5.74) is 0.745. The second-order valence-corrected chi connectivity index (χ2v) is 3.90. The largest absolute Gasteiger partial charge is 0.303 e. The molecule has 0 spiro atoms. The minimum Gasteiger partial charge on any atom is -0.303 e. The smallest absolute Gasteiger partial charge is 0 e. The fraction of sp³-hybridized carbons (Fsp3) is 1.00. The van der Waals surface area contributed by atoms with E-state index < -0.39 is 0 Å². The van der Waals surface area contributed by atoms with Gasteiger partial charge in [-0.2, -0.15) is 0 Å². The molecule has 3 rings (SSSR count). The van der Waals surface area contributed by atoms with Crippen LogP contribution in [0, 0.1) is 5.41 Å². The van der Waals surface area contributed by atoms with Crippen LogP contribution in [0.15, 0.2) is 0 Å². The molecule has 0 aromatic rings. The minimum atomic E-state index is 0. The van der Waals surface area contributed by atoms with E-state index in [1.165, 1.54) is 38.9 Å². The topological polar surface area (TPSA) is 3.24 Å². The zero-order valence-electron chi connectivity index (χ0n) is 8.77. The summed E-state index contributed by atoms with van der Waals surface area (Å²) in [5.74, 6) is 0. The van der Waals surface area contributed by atoms with Crippen molar-refractivity contribution in [2.24, 2.45) is 5.41 Å². The third kappa shape index (κ3) is 4.40. The molecule has 0 saturated carbocycles. The summed E-state index contributed by atoms with van der Waals surface area (Å²) in [6, 6.07) is 0. The minimum absolute atomic E-state index is 0. The molecule has 3 saturated heterocycles. The van der Waals surface area contributed by atoms with Gasteiger partial charge in [0.15, 0.2) is 0 Å². The Morgan fingerprint density at radius 1 is 0.923 bits per heavy atom. The third-order valence-corrected chi connectivity index (χ3v) is 3.09. The molecular formula is C11H25NY. The number of rotatable bonds is 0. The maximum Gasteiger partial charge on any atom is 0 e. The van der Waals surface area contributed by atoms with Gasteiger partial charge < -0.3 is 4.90 Å². The summed E-state index contributed by atoms with van der Waals surface area (Å²) >= 11 is 0. The quantitative estimate of drug-likeness (QED) is 0.646. The standard InChI is InChI=1S/C8H15N.C2H6.CH4.Y/c1-8-2-5-9(6-3-8)7-4-8;1-2;;/h2-7H2,1H3;1-2H3;1H4;. The normalized spacial score (nSPS) is 34.8. The van der Waals surface area contributed by atoms with Crippen LogP contribution in [0.4, 0.5) is 0 Å². The van der Waals surface area contributed by atoms with Crippen LogP contribution < -0.4 is 0 Å². The first-order valence-electron chi connectivity index (χ1n) is 5.01. The van der Waals surface area contributed by atoms with E-state index in [0.29, 0.717) is 0 Å². The first kappa shape index (κ1) is 16.5. The molecule has 0 aromatic carbocycles. The van der Waals surface area contributed by atoms with Crippen molar-refractivity contribution >= 4 is 0 Å². The van der Waals surface area contributed by atoms with Gasteiger partial charge in [-0.1, -0.05) is 28.2 Å². The van der Waals surface area contributed by atoms with Crippen molar-refractivity contribution in [3.63, 3.8) is 0 Å². The number of fused-ring (bicyclic) bond motifs is 3. The van der Waals surface area contributed by atoms with Gasteiger partial charge >= 0.3 is 0 Å². The van der Waals surface area contributed by atoms with Crippen LogP contribution in [-0.4, -0.2) is 24.5 Å². The molecule has 1 radical (unpaired) electrons. The molecule has 0 aliphatic carbocycles. The Labute approximate surface area is 110 Å². The Hall–Kier alpha value is 1.06. The number of hydrogen-bond donors (Lipinski definition) is 0. The fourth-order valence-electron chi connectivity index (χ4n) is 1.99. The van der Waals surface area contributed by atoms with Crippen molar-refractivity contribution in [3.8, 4) is 0 Å². The van der Waals surface area contributed by atoms with Crippen LogP contribution in [0.2, 0.25) is 0 Å². The van der Waals surface area contributed by atoms with Crippen molar-refractivity contribution in [3.05, 3.63) is 0 Å². The van der Waals surface area contributed by atoms with E-state index in [4.69, 9.17) is 0 Å². The summed E-state index contributed by atoms with van der Waals surface area (Å²) in [5, 5.41) is 0. The zero-order chi connectivity index (χ0) is 8.32. The van der Waals surface area contributed by atoms with Crippen LogP contribution in [0.5, 0.6) is 0 Å². The molecule has 13 heavy (non-hydrogen) atoms. The Morgan fingerprint density at radius 2 is 1.23 bits per heavy atom. The van der Waals surface area contributed by atoms with Crippen molar-refractivity contribution in [2.75, 3.05) is 19.6 Å². The second kappa shape index (κ2) is 7.37. The molecule has 0 amide bonds. The van der Waals surface area contributed by atoms with Gasteiger partial charge in [0.05, 0.1) is 0 Å². The van der Waals surface area contributed by atoms with Gasteiger partial charge in [0.25, 0.3) is 0 Å². The van der Waals surface area contributed by atoms with Crippen molar-refractivity contribution in [1.82, 2.24) is 4.90 Å². The fourth-order valence-corrected chi connectivity index (χ4v) is 1.99. The second-order valence-electron chi connectivity index (χ2n) is 3.90. The van der Waals surface area contributed by atoms with Crippen LogP contribution in [-0.2, 0) is 32.7 Å². The first-order valence-corrected chi connectivity index (χ1v) is 5.01. The van der Waals surface area contributed by atoms with Gasteiger partial charge in [-0.25, -0.2) is 0 Å². The van der Waals surface area contributed by atoms with E-state index in [-0.39, 0.29) is 40.1 Å². The van der Waals surface area contributed by atoms with E-state index >= 15 is 0 Å². The molecule has 0 N–H and O–H groups in total. The van der Waals surface area contributed by atoms with Gasteiger partial charge in [-0.3, -0.25) is 0 Å². The summed E-state index contributed by atoms with van der Waals surface area (Å²) in [7, 11) is 0. The van der Waals surface area contributed by atoms with E-state index in [9.17, 15) is 0 Å². The maximum atomic E-state index is 2.59. The number of piperidine rings is 3. The van der Waals surface area contributed by atoms with Gasteiger partial charge in [0.2, 0.25) is 0 Å². The molecule has 2 heteroatoms. The molecule has 3 aliphatic heterocycles. The average molecular weight is 260 g/mol. The maximum absolute atomic E-state index is 2.59.